The van der Waals surface area contributed by atoms with Gasteiger partial charge in [-0.3, -0.25) is 9.59 Å². The number of nitrogens with zero attached hydrogens (tertiary/aromatic N) is 3. The maximum atomic E-state index is 13.6. The van der Waals surface area contributed by atoms with Gasteiger partial charge in [0.05, 0.1) is 24.2 Å². The number of aryl methyl sites for hydroxylation is 2. The van der Waals surface area contributed by atoms with Crippen LogP contribution < -0.4 is 20.5 Å². The van der Waals surface area contributed by atoms with Crippen molar-refractivity contribution in [2.24, 2.45) is 5.92 Å². The first-order valence-electron chi connectivity index (χ1n) is 11.7. The zero-order valence-corrected chi connectivity index (χ0v) is 20.9. The molecule has 180 valence electrons. The smallest absolute Gasteiger partial charge is 0.277 e. The lowest BCUT2D eigenvalue weighted by molar-refractivity contribution is -0.120. The van der Waals surface area contributed by atoms with Crippen LogP contribution in [0, 0.1) is 19.8 Å². The first-order valence-corrected chi connectivity index (χ1v) is 12.6. The summed E-state index contributed by atoms with van der Waals surface area (Å²) in [6.07, 6.45) is 1.62. The number of hydrogen-bond acceptors (Lipinski definition) is 6. The number of hydrogen-bond donors (Lipinski definition) is 1. The maximum Gasteiger partial charge on any atom is 0.277 e. The zero-order valence-electron chi connectivity index (χ0n) is 20.1. The third-order valence-electron chi connectivity index (χ3n) is 6.34. The highest BCUT2D eigenvalue weighted by molar-refractivity contribution is 7.17. The third kappa shape index (κ3) is 4.66. The molecule has 5 rings (SSSR count). The van der Waals surface area contributed by atoms with Gasteiger partial charge in [-0.25, -0.2) is 9.55 Å². The summed E-state index contributed by atoms with van der Waals surface area (Å²) in [5.74, 6) is 0.999. The number of ether oxygens (including phenoxy) is 1. The van der Waals surface area contributed by atoms with E-state index in [1.165, 1.54) is 11.3 Å². The van der Waals surface area contributed by atoms with Gasteiger partial charge >= 0.3 is 0 Å². The summed E-state index contributed by atoms with van der Waals surface area (Å²) in [7, 11) is 1.60. The van der Waals surface area contributed by atoms with Crippen molar-refractivity contribution >= 4 is 39.1 Å². The van der Waals surface area contributed by atoms with E-state index in [2.05, 4.69) is 16.3 Å². The van der Waals surface area contributed by atoms with Crippen molar-refractivity contribution in [1.29, 1.82) is 0 Å². The molecule has 35 heavy (non-hydrogen) atoms. The number of rotatable bonds is 5. The molecular formula is C27H28N4O3S. The molecule has 1 atom stereocenters. The first-order chi connectivity index (χ1) is 16.9. The van der Waals surface area contributed by atoms with E-state index in [0.717, 1.165) is 36.2 Å². The lowest BCUT2D eigenvalue weighted by Gasteiger charge is -2.34. The number of aromatic nitrogens is 2. The molecule has 0 bridgehead atoms. The van der Waals surface area contributed by atoms with E-state index in [1.54, 1.807) is 11.7 Å². The standard InChI is InChI=1S/C27H28N4O3S/c1-17-12-18(2)14-20(13-17)28-25(32)19-6-5-10-30(16-19)27-29-23-9-11-35-24(23)26(33)31(27)21-7-4-8-22(15-21)34-3/h4,7-9,11-15,19H,5-6,10,16H2,1-3H3,(H,28,32). The Kier molecular flexibility index (Phi) is 6.30. The quantitative estimate of drug-likeness (QED) is 0.431. The normalized spacial score (nSPS) is 15.9. The molecule has 0 radical (unpaired) electrons. The number of piperidine rings is 1. The van der Waals surface area contributed by atoms with Gasteiger partial charge in [0, 0.05) is 24.8 Å². The van der Waals surface area contributed by atoms with Gasteiger partial charge in [-0.1, -0.05) is 12.1 Å². The lowest BCUT2D eigenvalue weighted by Crippen LogP contribution is -2.43. The molecule has 2 aromatic heterocycles. The van der Waals surface area contributed by atoms with Crippen molar-refractivity contribution in [2.45, 2.75) is 26.7 Å². The Labute approximate surface area is 208 Å². The molecule has 1 fully saturated rings. The molecule has 1 aliphatic heterocycles. The first kappa shape index (κ1) is 23.1. The van der Waals surface area contributed by atoms with Gasteiger partial charge in [0.25, 0.3) is 5.56 Å². The highest BCUT2D eigenvalue weighted by Gasteiger charge is 2.29. The largest absolute Gasteiger partial charge is 0.497 e. The van der Waals surface area contributed by atoms with Gasteiger partial charge in [-0.2, -0.15) is 0 Å². The van der Waals surface area contributed by atoms with Crippen LogP contribution in [0.4, 0.5) is 11.6 Å². The monoisotopic (exact) mass is 488 g/mol. The lowest BCUT2D eigenvalue weighted by atomic mass is 9.97. The fourth-order valence-corrected chi connectivity index (χ4v) is 5.52. The van der Waals surface area contributed by atoms with Crippen molar-refractivity contribution in [3.63, 3.8) is 0 Å². The summed E-state index contributed by atoms with van der Waals surface area (Å²) in [4.78, 5) is 33.7. The van der Waals surface area contributed by atoms with Crippen molar-refractivity contribution in [1.82, 2.24) is 9.55 Å². The van der Waals surface area contributed by atoms with Crippen molar-refractivity contribution in [3.05, 3.63) is 75.4 Å². The summed E-state index contributed by atoms with van der Waals surface area (Å²) in [5, 5.41) is 4.98. The second-order valence-corrected chi connectivity index (χ2v) is 9.96. The van der Waals surface area contributed by atoms with E-state index in [4.69, 9.17) is 9.72 Å². The predicted molar refractivity (Wildman–Crippen MR) is 141 cm³/mol. The summed E-state index contributed by atoms with van der Waals surface area (Å²) in [6.45, 7) is 5.26. The van der Waals surface area contributed by atoms with Gasteiger partial charge in [-0.05, 0) is 73.5 Å². The number of amides is 1. The summed E-state index contributed by atoms with van der Waals surface area (Å²) in [5.41, 5.74) is 4.29. The van der Waals surface area contributed by atoms with Crippen molar-refractivity contribution in [3.8, 4) is 11.4 Å². The average molecular weight is 489 g/mol. The SMILES string of the molecule is COc1cccc(-n2c(N3CCCC(C(=O)Nc4cc(C)cc(C)c4)C3)nc3ccsc3c2=O)c1. The fraction of sp³-hybridized carbons (Fsp3) is 0.296. The Bertz CT molecular complexity index is 1440. The average Bonchev–Trinajstić information content (AvgIpc) is 3.32. The van der Waals surface area contributed by atoms with Gasteiger partial charge in [0.15, 0.2) is 0 Å². The van der Waals surface area contributed by atoms with Crippen LogP contribution in [-0.4, -0.2) is 35.7 Å². The number of carbonyl (C=O) groups is 1. The molecule has 1 aliphatic rings. The second-order valence-electron chi connectivity index (χ2n) is 9.04. The topological polar surface area (TPSA) is 76.5 Å². The molecule has 1 unspecified atom stereocenters. The van der Waals surface area contributed by atoms with Crippen LogP contribution in [-0.2, 0) is 4.79 Å². The second kappa shape index (κ2) is 9.54. The zero-order chi connectivity index (χ0) is 24.5. The molecule has 0 saturated carbocycles. The highest BCUT2D eigenvalue weighted by Crippen LogP contribution is 2.28. The predicted octanol–water partition coefficient (Wildman–Crippen LogP) is 4.93. The number of benzene rings is 2. The Morgan fingerprint density at radius 2 is 1.94 bits per heavy atom. The van der Waals surface area contributed by atoms with Crippen LogP contribution in [0.15, 0.2) is 58.7 Å². The third-order valence-corrected chi connectivity index (χ3v) is 7.23. The van der Waals surface area contributed by atoms with Gasteiger partial charge in [0.1, 0.15) is 10.4 Å². The van der Waals surface area contributed by atoms with Crippen LogP contribution in [0.3, 0.4) is 0 Å². The van der Waals surface area contributed by atoms with Gasteiger partial charge < -0.3 is 15.0 Å². The Hall–Kier alpha value is -3.65. The molecule has 0 aliphatic carbocycles. The van der Waals surface area contributed by atoms with Gasteiger partial charge in [-0.15, -0.1) is 11.3 Å². The fourth-order valence-electron chi connectivity index (χ4n) is 4.76. The van der Waals surface area contributed by atoms with Gasteiger partial charge in [0.2, 0.25) is 11.9 Å². The Balaban J connectivity index is 1.49. The molecule has 2 aromatic carbocycles. The maximum absolute atomic E-state index is 13.6. The number of thiophene rings is 1. The molecule has 1 N–H and O–H groups in total. The Morgan fingerprint density at radius 3 is 2.71 bits per heavy atom. The van der Waals surface area contributed by atoms with Crippen molar-refractivity contribution in [2.75, 3.05) is 30.4 Å². The van der Waals surface area contributed by atoms with Crippen LogP contribution in [0.2, 0.25) is 0 Å². The summed E-state index contributed by atoms with van der Waals surface area (Å²) < 4.78 is 7.65. The van der Waals surface area contributed by atoms with E-state index >= 15 is 0 Å². The minimum Gasteiger partial charge on any atom is -0.497 e. The minimum absolute atomic E-state index is 0.00779. The molecular weight excluding hydrogens is 460 g/mol. The molecule has 0 spiro atoms. The number of carbonyl (C=O) groups excluding carboxylic acids is 1. The minimum atomic E-state index is -0.210. The van der Waals surface area contributed by atoms with E-state index in [9.17, 15) is 9.59 Å². The molecule has 1 saturated heterocycles. The molecule has 4 aromatic rings. The Morgan fingerprint density at radius 1 is 1.14 bits per heavy atom. The van der Waals surface area contributed by atoms with E-state index in [1.807, 2.05) is 61.7 Å². The number of methoxy groups -OCH3 is 1. The summed E-state index contributed by atoms with van der Waals surface area (Å²) >= 11 is 1.39. The number of anilines is 2. The number of fused-ring (bicyclic) bond motifs is 1. The summed E-state index contributed by atoms with van der Waals surface area (Å²) in [6, 6.07) is 15.3. The molecule has 1 amide bonds. The van der Waals surface area contributed by atoms with E-state index in [0.29, 0.717) is 34.1 Å². The van der Waals surface area contributed by atoms with Crippen LogP contribution in [0.5, 0.6) is 5.75 Å². The molecule has 7 nitrogen and oxygen atoms in total. The van der Waals surface area contributed by atoms with Crippen LogP contribution >= 0.6 is 11.3 Å². The molecule has 8 heteroatoms. The van der Waals surface area contributed by atoms with Crippen LogP contribution in [0.1, 0.15) is 24.0 Å². The highest BCUT2D eigenvalue weighted by atomic mass is 32.1. The number of nitrogens with one attached hydrogen (secondary N) is 1. The molecule has 3 heterocycles. The van der Waals surface area contributed by atoms with E-state index < -0.39 is 0 Å². The van der Waals surface area contributed by atoms with Crippen LogP contribution in [0.25, 0.3) is 15.9 Å². The van der Waals surface area contributed by atoms with E-state index in [-0.39, 0.29) is 17.4 Å². The van der Waals surface area contributed by atoms with Crippen molar-refractivity contribution < 1.29 is 9.53 Å².